The number of halogens is 1. The van der Waals surface area contributed by atoms with Crippen molar-refractivity contribution in [3.05, 3.63) is 16.4 Å². The van der Waals surface area contributed by atoms with Crippen molar-refractivity contribution in [1.29, 1.82) is 5.26 Å². The molecule has 9 heteroatoms. The molecule has 0 spiro atoms. The number of amides is 1. The van der Waals surface area contributed by atoms with Crippen LogP contribution in [0.15, 0.2) is 15.6 Å². The molecular weight excluding hydrogens is 362 g/mol. The average Bonchev–Trinajstić information content (AvgIpc) is 2.61. The predicted molar refractivity (Wildman–Crippen MR) is 79.0 cm³/mol. The summed E-state index contributed by atoms with van der Waals surface area (Å²) in [6.45, 7) is 4.91. The molecule has 1 aromatic rings. The first-order valence-corrected chi connectivity index (χ1v) is 8.12. The van der Waals surface area contributed by atoms with Crippen molar-refractivity contribution < 1.29 is 17.9 Å². The van der Waals surface area contributed by atoms with Gasteiger partial charge in [0.25, 0.3) is 10.0 Å². The summed E-state index contributed by atoms with van der Waals surface area (Å²) in [6, 6.07) is 1.88. The van der Waals surface area contributed by atoms with Crippen LogP contribution >= 0.6 is 15.9 Å². The Kier molecular flexibility index (Phi) is 4.75. The van der Waals surface area contributed by atoms with Crippen LogP contribution in [-0.2, 0) is 21.8 Å². The molecule has 116 valence electrons. The number of nitriles is 1. The van der Waals surface area contributed by atoms with Crippen molar-refractivity contribution >= 4 is 32.0 Å². The van der Waals surface area contributed by atoms with Crippen LogP contribution in [0.3, 0.4) is 0 Å². The maximum Gasteiger partial charge on any atom is 0.424 e. The first kappa shape index (κ1) is 17.5. The highest BCUT2D eigenvalue weighted by Crippen LogP contribution is 2.29. The van der Waals surface area contributed by atoms with Gasteiger partial charge in [0.1, 0.15) is 22.3 Å². The lowest BCUT2D eigenvalue weighted by Gasteiger charge is -2.24. The summed E-state index contributed by atoms with van der Waals surface area (Å²) in [5, 5.41) is 8.98. The molecular formula is C12H16BrN3O4S. The van der Waals surface area contributed by atoms with Crippen molar-refractivity contribution in [3.8, 4) is 6.07 Å². The van der Waals surface area contributed by atoms with Crippen molar-refractivity contribution in [2.45, 2.75) is 31.3 Å². The van der Waals surface area contributed by atoms with E-state index in [-0.39, 0.29) is 15.1 Å². The third kappa shape index (κ3) is 3.57. The lowest BCUT2D eigenvalue weighted by molar-refractivity contribution is 0.0420. The van der Waals surface area contributed by atoms with E-state index in [1.54, 1.807) is 20.8 Å². The third-order valence-electron chi connectivity index (χ3n) is 2.48. The monoisotopic (exact) mass is 377 g/mol. The number of ether oxygens (including phenoxy) is 1. The van der Waals surface area contributed by atoms with Gasteiger partial charge >= 0.3 is 6.09 Å². The minimum absolute atomic E-state index is 0.114. The van der Waals surface area contributed by atoms with Gasteiger partial charge in [-0.05, 0) is 36.7 Å². The van der Waals surface area contributed by atoms with Gasteiger partial charge in [-0.15, -0.1) is 0 Å². The van der Waals surface area contributed by atoms with Gasteiger partial charge in [-0.2, -0.15) is 5.26 Å². The van der Waals surface area contributed by atoms with Gasteiger partial charge in [0.15, 0.2) is 0 Å². The summed E-state index contributed by atoms with van der Waals surface area (Å²) in [5.41, 5.74) is -0.668. The number of aromatic nitrogens is 1. The number of hydrogen-bond donors (Lipinski definition) is 0. The van der Waals surface area contributed by atoms with E-state index >= 15 is 0 Å². The molecule has 0 saturated heterocycles. The van der Waals surface area contributed by atoms with Crippen molar-refractivity contribution in [2.24, 2.45) is 7.05 Å². The van der Waals surface area contributed by atoms with Gasteiger partial charge in [0.05, 0.1) is 4.47 Å². The minimum atomic E-state index is -4.11. The van der Waals surface area contributed by atoms with Crippen LogP contribution in [0.2, 0.25) is 0 Å². The van der Waals surface area contributed by atoms with Gasteiger partial charge in [-0.3, -0.25) is 0 Å². The summed E-state index contributed by atoms with van der Waals surface area (Å²) in [5.74, 6) is 0. The normalized spacial score (nSPS) is 11.9. The molecule has 0 saturated carbocycles. The van der Waals surface area contributed by atoms with E-state index in [1.807, 2.05) is 6.07 Å². The zero-order chi connectivity index (χ0) is 16.6. The Balaban J connectivity index is 3.24. The first-order chi connectivity index (χ1) is 9.41. The summed E-state index contributed by atoms with van der Waals surface area (Å²) in [4.78, 5) is 11.7. The fourth-order valence-corrected chi connectivity index (χ4v) is 3.68. The number of carbonyl (C=O) groups excluding carboxylic acids is 1. The largest absolute Gasteiger partial charge is 0.443 e. The van der Waals surface area contributed by atoms with Crippen LogP contribution in [0.25, 0.3) is 0 Å². The molecule has 0 aliphatic carbocycles. The predicted octanol–water partition coefficient (Wildman–Crippen LogP) is 2.21. The molecule has 1 rings (SSSR count). The second-order valence-electron chi connectivity index (χ2n) is 5.33. The second kappa shape index (κ2) is 5.69. The number of nitrogens with zero attached hydrogens (tertiary/aromatic N) is 3. The quantitative estimate of drug-likeness (QED) is 0.787. The summed E-state index contributed by atoms with van der Waals surface area (Å²) < 4.78 is 31.9. The molecule has 21 heavy (non-hydrogen) atoms. The van der Waals surface area contributed by atoms with E-state index in [4.69, 9.17) is 10.00 Å². The molecule has 1 heterocycles. The lowest BCUT2D eigenvalue weighted by Crippen LogP contribution is -2.38. The maximum atomic E-state index is 12.4. The summed E-state index contributed by atoms with van der Waals surface area (Å²) >= 11 is 3.08. The van der Waals surface area contributed by atoms with Crippen LogP contribution in [0.4, 0.5) is 4.79 Å². The molecule has 0 unspecified atom stereocenters. The van der Waals surface area contributed by atoms with Gasteiger partial charge in [0.2, 0.25) is 0 Å². The second-order valence-corrected chi connectivity index (χ2v) is 8.06. The number of carbonyl (C=O) groups is 1. The van der Waals surface area contributed by atoms with E-state index in [9.17, 15) is 13.2 Å². The molecule has 1 amide bonds. The van der Waals surface area contributed by atoms with Crippen LogP contribution in [-0.4, -0.2) is 36.0 Å². The molecule has 0 aromatic carbocycles. The fraction of sp³-hybridized carbons (Fsp3) is 0.500. The summed E-state index contributed by atoms with van der Waals surface area (Å²) in [7, 11) is -1.47. The fourth-order valence-electron chi connectivity index (χ4n) is 1.45. The molecule has 0 N–H and O–H groups in total. The molecule has 0 aliphatic heterocycles. The van der Waals surface area contributed by atoms with Gasteiger partial charge in [0, 0.05) is 20.3 Å². The average molecular weight is 378 g/mol. The molecule has 0 bridgehead atoms. The third-order valence-corrected chi connectivity index (χ3v) is 5.28. The SMILES string of the molecule is CN(C(=O)OC(C)(C)C)S(=O)(=O)c1cn(C)c(C#N)c1Br. The van der Waals surface area contributed by atoms with E-state index < -0.39 is 21.7 Å². The number of sulfonamides is 1. The zero-order valence-corrected chi connectivity index (χ0v) is 14.7. The molecule has 0 atom stereocenters. The van der Waals surface area contributed by atoms with Gasteiger partial charge in [-0.25, -0.2) is 17.5 Å². The van der Waals surface area contributed by atoms with E-state index in [2.05, 4.69) is 15.9 Å². The van der Waals surface area contributed by atoms with E-state index in [0.717, 1.165) is 7.05 Å². The lowest BCUT2D eigenvalue weighted by atomic mass is 10.2. The maximum absolute atomic E-state index is 12.4. The van der Waals surface area contributed by atoms with Crippen LogP contribution in [0.5, 0.6) is 0 Å². The highest BCUT2D eigenvalue weighted by Gasteiger charge is 2.33. The topological polar surface area (TPSA) is 92.4 Å². The number of rotatable bonds is 2. The Hall–Kier alpha value is -1.53. The van der Waals surface area contributed by atoms with Crippen molar-refractivity contribution in [3.63, 3.8) is 0 Å². The summed E-state index contributed by atoms with van der Waals surface area (Å²) in [6.07, 6.45) is 0.274. The Bertz CT molecular complexity index is 710. The Morgan fingerprint density at radius 2 is 2.00 bits per heavy atom. The van der Waals surface area contributed by atoms with E-state index in [0.29, 0.717) is 4.31 Å². The van der Waals surface area contributed by atoms with Crippen molar-refractivity contribution in [1.82, 2.24) is 8.87 Å². The van der Waals surface area contributed by atoms with Gasteiger partial charge in [-0.1, -0.05) is 0 Å². The standard InChI is InChI=1S/C12H16BrN3O4S/c1-12(2,3)20-11(17)16(5)21(18,19)9-7-15(4)8(6-14)10(9)13/h7H,1-5H3. The smallest absolute Gasteiger partial charge is 0.424 e. The molecule has 1 aromatic heterocycles. The minimum Gasteiger partial charge on any atom is -0.443 e. The zero-order valence-electron chi connectivity index (χ0n) is 12.3. The Morgan fingerprint density at radius 1 is 1.48 bits per heavy atom. The Morgan fingerprint density at radius 3 is 2.38 bits per heavy atom. The van der Waals surface area contributed by atoms with Crippen LogP contribution in [0.1, 0.15) is 26.5 Å². The highest BCUT2D eigenvalue weighted by molar-refractivity contribution is 9.10. The number of aryl methyl sites for hydroxylation is 1. The molecule has 7 nitrogen and oxygen atoms in total. The number of hydrogen-bond acceptors (Lipinski definition) is 5. The highest BCUT2D eigenvalue weighted by atomic mass is 79.9. The van der Waals surface area contributed by atoms with Crippen LogP contribution in [0, 0.1) is 11.3 Å². The van der Waals surface area contributed by atoms with Crippen molar-refractivity contribution in [2.75, 3.05) is 7.05 Å². The first-order valence-electron chi connectivity index (χ1n) is 5.88. The Labute approximate surface area is 132 Å². The van der Waals surface area contributed by atoms with E-state index in [1.165, 1.54) is 17.8 Å². The molecule has 0 fully saturated rings. The van der Waals surface area contributed by atoms with Crippen LogP contribution < -0.4 is 0 Å². The molecule has 0 aliphatic rings. The van der Waals surface area contributed by atoms with Gasteiger partial charge < -0.3 is 9.30 Å². The molecule has 0 radical (unpaired) electrons.